The summed E-state index contributed by atoms with van der Waals surface area (Å²) in [6.07, 6.45) is 3.64. The fraction of sp³-hybridized carbons (Fsp3) is 0.0833. The average Bonchev–Trinajstić information content (AvgIpc) is 2.82. The molecule has 2 aromatic rings. The number of rotatable bonds is 3. The Hall–Kier alpha value is -1.94. The Bertz CT molecular complexity index is 549. The summed E-state index contributed by atoms with van der Waals surface area (Å²) in [5.74, 6) is -0.784. The monoisotopic (exact) mass is 251 g/mol. The van der Waals surface area contributed by atoms with Crippen molar-refractivity contribution in [3.05, 3.63) is 47.2 Å². The van der Waals surface area contributed by atoms with Crippen molar-refractivity contribution in [2.45, 2.75) is 0 Å². The summed E-state index contributed by atoms with van der Waals surface area (Å²) in [7, 11) is 1.43. The molecular weight excluding hydrogens is 242 g/mol. The van der Waals surface area contributed by atoms with Crippen LogP contribution in [0.3, 0.4) is 0 Å². The van der Waals surface area contributed by atoms with Crippen LogP contribution in [0.5, 0.6) is 5.75 Å². The average molecular weight is 252 g/mol. The zero-order chi connectivity index (χ0) is 12.4. The van der Waals surface area contributed by atoms with Gasteiger partial charge in [-0.25, -0.2) is 4.79 Å². The smallest absolute Gasteiger partial charge is 0.339 e. The Balaban J connectivity index is 2.60. The number of carbonyl (C=O) groups is 1. The summed E-state index contributed by atoms with van der Waals surface area (Å²) in [5, 5.41) is 9.36. The van der Waals surface area contributed by atoms with Crippen LogP contribution in [-0.4, -0.2) is 22.8 Å². The number of hydrogen-bond donors (Lipinski definition) is 1. The molecule has 1 heterocycles. The molecule has 0 saturated heterocycles. The van der Waals surface area contributed by atoms with Gasteiger partial charge in [0, 0.05) is 18.5 Å². The quantitative estimate of drug-likeness (QED) is 0.913. The number of aromatic nitrogens is 1. The molecule has 0 spiro atoms. The van der Waals surface area contributed by atoms with Gasteiger partial charge in [0.15, 0.2) is 0 Å². The lowest BCUT2D eigenvalue weighted by Crippen LogP contribution is -2.02. The molecule has 1 aromatic carbocycles. The van der Waals surface area contributed by atoms with Gasteiger partial charge in [0.2, 0.25) is 0 Å². The molecule has 0 atom stereocenters. The van der Waals surface area contributed by atoms with E-state index in [0.29, 0.717) is 10.7 Å². The van der Waals surface area contributed by atoms with Crippen molar-refractivity contribution in [2.75, 3.05) is 7.11 Å². The summed E-state index contributed by atoms with van der Waals surface area (Å²) >= 11 is 6.05. The van der Waals surface area contributed by atoms with E-state index >= 15 is 0 Å². The first-order chi connectivity index (χ1) is 8.13. The predicted octanol–water partition coefficient (Wildman–Crippen LogP) is 2.84. The van der Waals surface area contributed by atoms with Gasteiger partial charge >= 0.3 is 5.97 Å². The molecule has 0 aliphatic rings. The van der Waals surface area contributed by atoms with E-state index in [-0.39, 0.29) is 11.3 Å². The van der Waals surface area contributed by atoms with Crippen LogP contribution in [0.15, 0.2) is 36.7 Å². The van der Waals surface area contributed by atoms with Gasteiger partial charge in [0.05, 0.1) is 17.8 Å². The highest BCUT2D eigenvalue weighted by Gasteiger charge is 2.15. The SMILES string of the molecule is COc1cc(-n2cccc2)c(Cl)cc1C(=O)O. The Labute approximate surface area is 103 Å². The van der Waals surface area contributed by atoms with Gasteiger partial charge in [-0.2, -0.15) is 0 Å². The first-order valence-corrected chi connectivity index (χ1v) is 5.25. The van der Waals surface area contributed by atoms with Crippen LogP contribution < -0.4 is 4.74 Å². The summed E-state index contributed by atoms with van der Waals surface area (Å²) in [6, 6.07) is 6.70. The van der Waals surface area contributed by atoms with Crippen LogP contribution in [0.2, 0.25) is 5.02 Å². The lowest BCUT2D eigenvalue weighted by atomic mass is 10.2. The molecule has 1 N–H and O–H groups in total. The second-order valence-corrected chi connectivity index (χ2v) is 3.81. The van der Waals surface area contributed by atoms with Crippen molar-refractivity contribution < 1.29 is 14.6 Å². The summed E-state index contributed by atoms with van der Waals surface area (Å²) in [6.45, 7) is 0. The molecule has 5 heteroatoms. The molecule has 0 amide bonds. The minimum Gasteiger partial charge on any atom is -0.496 e. The maximum atomic E-state index is 11.0. The second-order valence-electron chi connectivity index (χ2n) is 3.40. The molecule has 0 unspecified atom stereocenters. The normalized spacial score (nSPS) is 10.2. The molecule has 4 nitrogen and oxygen atoms in total. The van der Waals surface area contributed by atoms with E-state index in [4.69, 9.17) is 21.4 Å². The number of nitrogens with zero attached hydrogens (tertiary/aromatic N) is 1. The molecule has 0 aliphatic heterocycles. The number of carboxylic acids is 1. The van der Waals surface area contributed by atoms with E-state index in [9.17, 15) is 4.79 Å². The molecule has 17 heavy (non-hydrogen) atoms. The molecular formula is C12H10ClNO3. The largest absolute Gasteiger partial charge is 0.496 e. The third-order valence-electron chi connectivity index (χ3n) is 2.38. The predicted molar refractivity (Wildman–Crippen MR) is 64.3 cm³/mol. The van der Waals surface area contributed by atoms with Crippen LogP contribution in [0.1, 0.15) is 10.4 Å². The van der Waals surface area contributed by atoms with Crippen LogP contribution in [0.4, 0.5) is 0 Å². The van der Waals surface area contributed by atoms with E-state index in [1.54, 1.807) is 10.6 Å². The van der Waals surface area contributed by atoms with Crippen molar-refractivity contribution in [1.29, 1.82) is 0 Å². The van der Waals surface area contributed by atoms with Crippen LogP contribution in [0, 0.1) is 0 Å². The van der Waals surface area contributed by atoms with E-state index in [1.165, 1.54) is 13.2 Å². The number of methoxy groups -OCH3 is 1. The highest BCUT2D eigenvalue weighted by Crippen LogP contribution is 2.29. The van der Waals surface area contributed by atoms with Gasteiger partial charge in [-0.15, -0.1) is 0 Å². The van der Waals surface area contributed by atoms with E-state index in [1.807, 2.05) is 24.5 Å². The highest BCUT2D eigenvalue weighted by molar-refractivity contribution is 6.32. The number of halogens is 1. The second kappa shape index (κ2) is 4.51. The van der Waals surface area contributed by atoms with E-state index in [2.05, 4.69) is 0 Å². The minimum absolute atomic E-state index is 0.0495. The number of carboxylic acid groups (broad SMARTS) is 1. The van der Waals surface area contributed by atoms with Crippen molar-refractivity contribution >= 4 is 17.6 Å². The van der Waals surface area contributed by atoms with E-state index < -0.39 is 5.97 Å². The number of ether oxygens (including phenoxy) is 1. The molecule has 88 valence electrons. The third-order valence-corrected chi connectivity index (χ3v) is 2.68. The van der Waals surface area contributed by atoms with Gasteiger partial charge in [0.25, 0.3) is 0 Å². The molecule has 0 aliphatic carbocycles. The van der Waals surface area contributed by atoms with Gasteiger partial charge in [0.1, 0.15) is 11.3 Å². The van der Waals surface area contributed by atoms with Gasteiger partial charge in [-0.3, -0.25) is 0 Å². The molecule has 2 rings (SSSR count). The number of aromatic carboxylic acids is 1. The first-order valence-electron chi connectivity index (χ1n) is 4.87. The van der Waals surface area contributed by atoms with Gasteiger partial charge < -0.3 is 14.4 Å². The fourth-order valence-corrected chi connectivity index (χ4v) is 1.83. The minimum atomic E-state index is -1.07. The molecule has 1 aromatic heterocycles. The summed E-state index contributed by atoms with van der Waals surface area (Å²) < 4.78 is 6.84. The maximum absolute atomic E-state index is 11.0. The molecule has 0 saturated carbocycles. The Morgan fingerprint density at radius 2 is 2.00 bits per heavy atom. The fourth-order valence-electron chi connectivity index (χ4n) is 1.57. The first kappa shape index (κ1) is 11.5. The van der Waals surface area contributed by atoms with Gasteiger partial charge in [-0.05, 0) is 18.2 Å². The standard InChI is InChI=1S/C12H10ClNO3/c1-17-11-7-10(14-4-2-3-5-14)9(13)6-8(11)12(15)16/h2-7H,1H3,(H,15,16). The third kappa shape index (κ3) is 2.12. The van der Waals surface area contributed by atoms with Crippen molar-refractivity contribution in [3.8, 4) is 11.4 Å². The molecule has 0 bridgehead atoms. The Morgan fingerprint density at radius 1 is 1.35 bits per heavy atom. The Morgan fingerprint density at radius 3 is 2.53 bits per heavy atom. The van der Waals surface area contributed by atoms with Crippen LogP contribution >= 0.6 is 11.6 Å². The zero-order valence-corrected chi connectivity index (χ0v) is 9.81. The van der Waals surface area contributed by atoms with Crippen molar-refractivity contribution in [1.82, 2.24) is 4.57 Å². The van der Waals surface area contributed by atoms with Crippen LogP contribution in [-0.2, 0) is 0 Å². The molecule has 0 fully saturated rings. The lowest BCUT2D eigenvalue weighted by Gasteiger charge is -2.11. The topological polar surface area (TPSA) is 51.5 Å². The zero-order valence-electron chi connectivity index (χ0n) is 9.05. The van der Waals surface area contributed by atoms with E-state index in [0.717, 1.165) is 0 Å². The summed E-state index contributed by atoms with van der Waals surface area (Å²) in [5.41, 5.74) is 0.729. The van der Waals surface area contributed by atoms with Crippen molar-refractivity contribution in [3.63, 3.8) is 0 Å². The number of hydrogen-bond acceptors (Lipinski definition) is 2. The summed E-state index contributed by atoms with van der Waals surface area (Å²) in [4.78, 5) is 11.0. The highest BCUT2D eigenvalue weighted by atomic mass is 35.5. The Kier molecular flexibility index (Phi) is 3.06. The van der Waals surface area contributed by atoms with Crippen LogP contribution in [0.25, 0.3) is 5.69 Å². The number of benzene rings is 1. The van der Waals surface area contributed by atoms with Gasteiger partial charge in [-0.1, -0.05) is 11.6 Å². The maximum Gasteiger partial charge on any atom is 0.339 e. The molecule has 0 radical (unpaired) electrons. The lowest BCUT2D eigenvalue weighted by molar-refractivity contribution is 0.0693. The van der Waals surface area contributed by atoms with Crippen molar-refractivity contribution in [2.24, 2.45) is 0 Å².